The number of hydrogen-bond acceptors (Lipinski definition) is 5. The number of nitrogens with two attached hydrogens (primary N) is 1. The Kier molecular flexibility index (Phi) is 5.92. The molecule has 0 saturated heterocycles. The third-order valence-electron chi connectivity index (χ3n) is 4.98. The molecular formula is C20H27NO3S2. The van der Waals surface area contributed by atoms with Gasteiger partial charge in [0.1, 0.15) is 0 Å². The molecule has 1 aromatic heterocycles. The van der Waals surface area contributed by atoms with E-state index in [4.69, 9.17) is 9.92 Å². The van der Waals surface area contributed by atoms with E-state index < -0.39 is 10.1 Å². The van der Waals surface area contributed by atoms with Crippen LogP contribution in [0.15, 0.2) is 17.5 Å². The highest BCUT2D eigenvalue weighted by atomic mass is 32.2. The molecule has 2 aromatic rings. The summed E-state index contributed by atoms with van der Waals surface area (Å²) in [5, 5.41) is 2.08. The Balaban J connectivity index is 2.11. The second-order valence-electron chi connectivity index (χ2n) is 6.98. The van der Waals surface area contributed by atoms with E-state index in [2.05, 4.69) is 24.4 Å². The minimum atomic E-state index is -3.61. The summed E-state index contributed by atoms with van der Waals surface area (Å²) in [5.74, 6) is 0.392. The first-order valence-corrected chi connectivity index (χ1v) is 12.0. The molecule has 2 N–H and O–H groups in total. The molecule has 0 spiro atoms. The highest BCUT2D eigenvalue weighted by Gasteiger charge is 2.26. The van der Waals surface area contributed by atoms with Gasteiger partial charge >= 0.3 is 10.1 Å². The van der Waals surface area contributed by atoms with Gasteiger partial charge in [-0.1, -0.05) is 19.4 Å². The first kappa shape index (κ1) is 19.2. The smallest absolute Gasteiger partial charge is 0.306 e. The molecule has 0 unspecified atom stereocenters. The zero-order chi connectivity index (χ0) is 18.7. The van der Waals surface area contributed by atoms with E-state index in [0.29, 0.717) is 11.4 Å². The summed E-state index contributed by atoms with van der Waals surface area (Å²) in [6, 6.07) is 4.19. The number of anilines is 1. The standard InChI is InChI=1S/C20H27NO3S2/c1-3-7-15-16-9-4-5-10-18(16)20(24-26(2,22)23)19(21)17(15)12-11-14-8-6-13-25-14/h6,8,13H,3-5,7,9-12,21H2,1-2H3. The van der Waals surface area contributed by atoms with Crippen LogP contribution in [0.4, 0.5) is 5.69 Å². The van der Waals surface area contributed by atoms with E-state index in [1.54, 1.807) is 11.3 Å². The molecule has 26 heavy (non-hydrogen) atoms. The maximum absolute atomic E-state index is 11.8. The van der Waals surface area contributed by atoms with Crippen LogP contribution in [0.3, 0.4) is 0 Å². The quantitative estimate of drug-likeness (QED) is 0.563. The van der Waals surface area contributed by atoms with Gasteiger partial charge in [-0.25, -0.2) is 0 Å². The lowest BCUT2D eigenvalue weighted by atomic mass is 9.82. The summed E-state index contributed by atoms with van der Waals surface area (Å²) in [7, 11) is -3.61. The molecule has 1 aliphatic carbocycles. The third-order valence-corrected chi connectivity index (χ3v) is 6.38. The van der Waals surface area contributed by atoms with Crippen molar-refractivity contribution < 1.29 is 12.6 Å². The predicted octanol–water partition coefficient (Wildman–Crippen LogP) is 4.29. The van der Waals surface area contributed by atoms with Crippen molar-refractivity contribution >= 4 is 27.1 Å². The Morgan fingerprint density at radius 1 is 1.12 bits per heavy atom. The maximum Gasteiger partial charge on any atom is 0.306 e. The molecule has 1 aliphatic rings. The van der Waals surface area contributed by atoms with Crippen LogP contribution >= 0.6 is 11.3 Å². The molecule has 0 radical (unpaired) electrons. The van der Waals surface area contributed by atoms with Crippen LogP contribution in [0.2, 0.25) is 0 Å². The van der Waals surface area contributed by atoms with E-state index >= 15 is 0 Å². The average molecular weight is 394 g/mol. The molecule has 0 bridgehead atoms. The molecule has 3 rings (SSSR count). The van der Waals surface area contributed by atoms with Crippen molar-refractivity contribution in [3.8, 4) is 5.75 Å². The number of hydrogen-bond donors (Lipinski definition) is 1. The first-order valence-electron chi connectivity index (χ1n) is 9.27. The highest BCUT2D eigenvalue weighted by Crippen LogP contribution is 2.42. The number of aryl methyl sites for hydroxylation is 1. The van der Waals surface area contributed by atoms with Gasteiger partial charge in [-0.15, -0.1) is 11.3 Å². The van der Waals surface area contributed by atoms with Crippen molar-refractivity contribution in [1.82, 2.24) is 0 Å². The second-order valence-corrected chi connectivity index (χ2v) is 9.59. The summed E-state index contributed by atoms with van der Waals surface area (Å²) in [4.78, 5) is 1.31. The van der Waals surface area contributed by atoms with Gasteiger partial charge in [-0.3, -0.25) is 0 Å². The lowest BCUT2D eigenvalue weighted by Crippen LogP contribution is -2.18. The summed E-state index contributed by atoms with van der Waals surface area (Å²) < 4.78 is 29.0. The fourth-order valence-corrected chi connectivity index (χ4v) is 5.12. The normalized spacial score (nSPS) is 14.2. The van der Waals surface area contributed by atoms with Gasteiger partial charge in [-0.05, 0) is 73.1 Å². The van der Waals surface area contributed by atoms with E-state index in [0.717, 1.165) is 68.7 Å². The van der Waals surface area contributed by atoms with Crippen LogP contribution < -0.4 is 9.92 Å². The van der Waals surface area contributed by atoms with Crippen molar-refractivity contribution in [1.29, 1.82) is 0 Å². The third kappa shape index (κ3) is 4.23. The van der Waals surface area contributed by atoms with Gasteiger partial charge in [0.25, 0.3) is 0 Å². The number of nitrogen functional groups attached to an aromatic ring is 1. The SMILES string of the molecule is CCCc1c(CCc2cccs2)c(N)c(OS(C)(=O)=O)c2c1CCCC2. The predicted molar refractivity (Wildman–Crippen MR) is 109 cm³/mol. The molecule has 0 atom stereocenters. The zero-order valence-electron chi connectivity index (χ0n) is 15.5. The molecule has 4 nitrogen and oxygen atoms in total. The summed E-state index contributed by atoms with van der Waals surface area (Å²) >= 11 is 1.74. The van der Waals surface area contributed by atoms with E-state index in [9.17, 15) is 8.42 Å². The van der Waals surface area contributed by atoms with Gasteiger partial charge in [0.2, 0.25) is 0 Å². The van der Waals surface area contributed by atoms with Gasteiger partial charge in [0.15, 0.2) is 5.75 Å². The van der Waals surface area contributed by atoms with Crippen LogP contribution in [0.1, 0.15) is 53.3 Å². The molecule has 0 aliphatic heterocycles. The molecule has 0 amide bonds. The molecule has 142 valence electrons. The van der Waals surface area contributed by atoms with Gasteiger partial charge in [0, 0.05) is 10.4 Å². The Morgan fingerprint density at radius 3 is 2.46 bits per heavy atom. The fourth-order valence-electron chi connectivity index (χ4n) is 3.92. The highest BCUT2D eigenvalue weighted by molar-refractivity contribution is 7.86. The lowest BCUT2D eigenvalue weighted by Gasteiger charge is -2.27. The van der Waals surface area contributed by atoms with Crippen molar-refractivity contribution in [2.45, 2.75) is 58.3 Å². The molecule has 6 heteroatoms. The molecule has 0 fully saturated rings. The van der Waals surface area contributed by atoms with Crippen LogP contribution in [0.5, 0.6) is 5.75 Å². The number of thiophene rings is 1. The first-order chi connectivity index (χ1) is 12.4. The van der Waals surface area contributed by atoms with Gasteiger partial charge in [0.05, 0.1) is 11.9 Å². The average Bonchev–Trinajstić information content (AvgIpc) is 3.10. The molecule has 0 saturated carbocycles. The number of rotatable bonds is 7. The number of fused-ring (bicyclic) bond motifs is 1. The Hall–Kier alpha value is -1.53. The van der Waals surface area contributed by atoms with Crippen molar-refractivity contribution in [2.24, 2.45) is 0 Å². The van der Waals surface area contributed by atoms with Crippen LogP contribution in [-0.2, 0) is 42.2 Å². The van der Waals surface area contributed by atoms with Crippen LogP contribution in [-0.4, -0.2) is 14.7 Å². The fraction of sp³-hybridized carbons (Fsp3) is 0.500. The number of benzene rings is 1. The van der Waals surface area contributed by atoms with E-state index in [1.165, 1.54) is 16.0 Å². The lowest BCUT2D eigenvalue weighted by molar-refractivity contribution is 0.486. The Labute approximate surface area is 160 Å². The van der Waals surface area contributed by atoms with E-state index in [1.807, 2.05) is 0 Å². The van der Waals surface area contributed by atoms with Crippen molar-refractivity contribution in [3.63, 3.8) is 0 Å². The van der Waals surface area contributed by atoms with Gasteiger partial charge < -0.3 is 9.92 Å². The topological polar surface area (TPSA) is 69.4 Å². The Morgan fingerprint density at radius 2 is 1.85 bits per heavy atom. The largest absolute Gasteiger partial charge is 0.395 e. The Bertz CT molecular complexity index is 871. The minimum Gasteiger partial charge on any atom is -0.395 e. The maximum atomic E-state index is 11.8. The molecule has 1 aromatic carbocycles. The van der Waals surface area contributed by atoms with Gasteiger partial charge in [-0.2, -0.15) is 8.42 Å². The minimum absolute atomic E-state index is 0.392. The summed E-state index contributed by atoms with van der Waals surface area (Å²) in [6.07, 6.45) is 8.85. The van der Waals surface area contributed by atoms with Crippen LogP contribution in [0.25, 0.3) is 0 Å². The second kappa shape index (κ2) is 8.01. The molecule has 1 heterocycles. The monoisotopic (exact) mass is 393 g/mol. The van der Waals surface area contributed by atoms with Crippen molar-refractivity contribution in [2.75, 3.05) is 12.0 Å². The summed E-state index contributed by atoms with van der Waals surface area (Å²) in [5.41, 5.74) is 11.7. The molecular weight excluding hydrogens is 366 g/mol. The zero-order valence-corrected chi connectivity index (χ0v) is 17.1. The van der Waals surface area contributed by atoms with E-state index in [-0.39, 0.29) is 0 Å². The van der Waals surface area contributed by atoms with Crippen LogP contribution in [0, 0.1) is 0 Å². The van der Waals surface area contributed by atoms with Crippen molar-refractivity contribution in [3.05, 3.63) is 44.6 Å². The summed E-state index contributed by atoms with van der Waals surface area (Å²) in [6.45, 7) is 2.18.